The molecule has 1 aliphatic heterocycles. The third-order valence-corrected chi connectivity index (χ3v) is 4.64. The van der Waals surface area contributed by atoms with E-state index in [9.17, 15) is 0 Å². The Balaban J connectivity index is 1.65. The van der Waals surface area contributed by atoms with Gasteiger partial charge in [-0.1, -0.05) is 12.1 Å². The van der Waals surface area contributed by atoms with Gasteiger partial charge in [0, 0.05) is 57.4 Å². The Morgan fingerprint density at radius 3 is 2.74 bits per heavy atom. The highest BCUT2D eigenvalue weighted by atomic mass is 16.5. The fourth-order valence-corrected chi connectivity index (χ4v) is 3.13. The van der Waals surface area contributed by atoms with Crippen molar-refractivity contribution in [3.63, 3.8) is 0 Å². The second-order valence-corrected chi connectivity index (χ2v) is 6.80. The third kappa shape index (κ3) is 3.99. The molecule has 3 aromatic rings. The zero-order valence-electron chi connectivity index (χ0n) is 15.6. The number of nitrogens with one attached hydrogen (secondary N) is 2. The van der Waals surface area contributed by atoms with Gasteiger partial charge in [-0.3, -0.25) is 4.98 Å². The Hall–Kier alpha value is -2.77. The van der Waals surface area contributed by atoms with Gasteiger partial charge in [0.25, 0.3) is 0 Å². The van der Waals surface area contributed by atoms with Gasteiger partial charge in [-0.2, -0.15) is 0 Å². The molecule has 27 heavy (non-hydrogen) atoms. The summed E-state index contributed by atoms with van der Waals surface area (Å²) in [7, 11) is 4.06. The minimum Gasteiger partial charge on any atom is -0.378 e. The first-order valence-electron chi connectivity index (χ1n) is 9.16. The van der Waals surface area contributed by atoms with Gasteiger partial charge in [0.15, 0.2) is 5.82 Å². The third-order valence-electron chi connectivity index (χ3n) is 4.64. The molecule has 140 valence electrons. The second-order valence-electron chi connectivity index (χ2n) is 6.80. The van der Waals surface area contributed by atoms with Crippen LogP contribution in [0.3, 0.4) is 0 Å². The topological polar surface area (TPSA) is 75.2 Å². The molecule has 1 atom stereocenters. The molecule has 0 saturated carbocycles. The molecule has 4 rings (SSSR count). The predicted octanol–water partition coefficient (Wildman–Crippen LogP) is 2.16. The summed E-state index contributed by atoms with van der Waals surface area (Å²) in [5.41, 5.74) is 4.67. The van der Waals surface area contributed by atoms with Crippen LogP contribution in [-0.4, -0.2) is 61.4 Å². The summed E-state index contributed by atoms with van der Waals surface area (Å²) in [4.78, 5) is 15.8. The minimum atomic E-state index is 0.121. The van der Waals surface area contributed by atoms with Gasteiger partial charge >= 0.3 is 0 Å². The number of morpholine rings is 1. The number of ether oxygens (including phenoxy) is 1. The average Bonchev–Trinajstić information content (AvgIpc) is 2.72. The molecule has 7 heteroatoms. The molecule has 2 N–H and O–H groups in total. The molecule has 0 bridgehead atoms. The first-order chi connectivity index (χ1) is 13.2. The Labute approximate surface area is 158 Å². The van der Waals surface area contributed by atoms with E-state index in [0.29, 0.717) is 6.54 Å². The molecule has 3 heterocycles. The maximum atomic E-state index is 5.77. The lowest BCUT2D eigenvalue weighted by atomic mass is 10.1. The zero-order chi connectivity index (χ0) is 18.6. The molecule has 2 aromatic heterocycles. The van der Waals surface area contributed by atoms with Gasteiger partial charge in [-0.05, 0) is 18.2 Å². The van der Waals surface area contributed by atoms with E-state index < -0.39 is 0 Å². The molecule has 1 aromatic carbocycles. The Morgan fingerprint density at radius 1 is 1.19 bits per heavy atom. The maximum Gasteiger partial charge on any atom is 0.154 e. The molecule has 7 nitrogen and oxygen atoms in total. The van der Waals surface area contributed by atoms with E-state index in [1.54, 1.807) is 12.4 Å². The number of hydrogen-bond donors (Lipinski definition) is 2. The monoisotopic (exact) mass is 364 g/mol. The van der Waals surface area contributed by atoms with Crippen LogP contribution in [0.5, 0.6) is 0 Å². The van der Waals surface area contributed by atoms with Crippen LogP contribution in [0.4, 0.5) is 11.5 Å². The number of hydrogen-bond acceptors (Lipinski definition) is 7. The van der Waals surface area contributed by atoms with Crippen LogP contribution >= 0.6 is 0 Å². The van der Waals surface area contributed by atoms with Crippen LogP contribution in [0, 0.1) is 0 Å². The van der Waals surface area contributed by atoms with Crippen LogP contribution in [0.15, 0.2) is 42.7 Å². The second kappa shape index (κ2) is 7.85. The van der Waals surface area contributed by atoms with E-state index in [4.69, 9.17) is 9.72 Å². The summed E-state index contributed by atoms with van der Waals surface area (Å²) < 4.78 is 5.77. The van der Waals surface area contributed by atoms with Crippen LogP contribution in [-0.2, 0) is 4.74 Å². The van der Waals surface area contributed by atoms with Gasteiger partial charge in [0.05, 0.1) is 23.9 Å². The van der Waals surface area contributed by atoms with Crippen molar-refractivity contribution in [3.05, 3.63) is 42.7 Å². The van der Waals surface area contributed by atoms with Crippen LogP contribution < -0.4 is 15.5 Å². The number of pyridine rings is 1. The van der Waals surface area contributed by atoms with Gasteiger partial charge in [-0.25, -0.2) is 9.97 Å². The van der Waals surface area contributed by atoms with E-state index in [0.717, 1.165) is 53.5 Å². The molecular formula is C20H24N6O. The normalized spacial score (nSPS) is 17.0. The standard InChI is InChI=1S/C20H24N6O/c1-26(2)15-5-3-14(4-6-15)17-11-18-19(23-8-7-22-18)20(25-17)24-13-16-12-21-9-10-27-16/h3-8,11,16,21H,9-10,12-13H2,1-2H3,(H,24,25)/t16-/m1/s1. The van der Waals surface area contributed by atoms with Gasteiger partial charge in [0.2, 0.25) is 0 Å². The Kier molecular flexibility index (Phi) is 5.13. The smallest absolute Gasteiger partial charge is 0.154 e. The number of benzene rings is 1. The summed E-state index contributed by atoms with van der Waals surface area (Å²) in [6.07, 6.45) is 3.52. The van der Waals surface area contributed by atoms with E-state index in [1.807, 2.05) is 20.2 Å². The lowest BCUT2D eigenvalue weighted by Gasteiger charge is -2.24. The highest BCUT2D eigenvalue weighted by Crippen LogP contribution is 2.26. The predicted molar refractivity (Wildman–Crippen MR) is 108 cm³/mol. The molecule has 1 saturated heterocycles. The summed E-state index contributed by atoms with van der Waals surface area (Å²) in [6.45, 7) is 3.15. The van der Waals surface area contributed by atoms with Gasteiger partial charge in [-0.15, -0.1) is 0 Å². The van der Waals surface area contributed by atoms with Crippen LogP contribution in [0.25, 0.3) is 22.3 Å². The quantitative estimate of drug-likeness (QED) is 0.718. The largest absolute Gasteiger partial charge is 0.378 e. The lowest BCUT2D eigenvalue weighted by Crippen LogP contribution is -2.42. The zero-order valence-corrected chi connectivity index (χ0v) is 15.6. The van der Waals surface area contributed by atoms with E-state index in [-0.39, 0.29) is 6.10 Å². The molecule has 0 aliphatic carbocycles. The van der Waals surface area contributed by atoms with E-state index in [2.05, 4.69) is 49.8 Å². The summed E-state index contributed by atoms with van der Waals surface area (Å²) in [5, 5.41) is 6.75. The van der Waals surface area contributed by atoms with Crippen molar-refractivity contribution in [3.8, 4) is 11.3 Å². The van der Waals surface area contributed by atoms with E-state index in [1.165, 1.54) is 0 Å². The van der Waals surface area contributed by atoms with Crippen molar-refractivity contribution < 1.29 is 4.74 Å². The van der Waals surface area contributed by atoms with Crippen molar-refractivity contribution in [2.75, 3.05) is 50.6 Å². The van der Waals surface area contributed by atoms with Crippen molar-refractivity contribution in [1.29, 1.82) is 0 Å². The number of nitrogens with zero attached hydrogens (tertiary/aromatic N) is 4. The van der Waals surface area contributed by atoms with Gasteiger partial charge in [0.1, 0.15) is 5.52 Å². The fourth-order valence-electron chi connectivity index (χ4n) is 3.13. The molecule has 0 spiro atoms. The number of fused-ring (bicyclic) bond motifs is 1. The summed E-state index contributed by atoms with van der Waals surface area (Å²) in [6, 6.07) is 10.3. The molecule has 0 amide bonds. The first kappa shape index (κ1) is 17.6. The van der Waals surface area contributed by atoms with Crippen molar-refractivity contribution >= 4 is 22.5 Å². The highest BCUT2D eigenvalue weighted by molar-refractivity contribution is 5.88. The maximum absolute atomic E-state index is 5.77. The Bertz CT molecular complexity index is 906. The number of aromatic nitrogens is 3. The lowest BCUT2D eigenvalue weighted by molar-refractivity contribution is 0.0372. The minimum absolute atomic E-state index is 0.121. The number of anilines is 2. The van der Waals surface area contributed by atoms with Crippen LogP contribution in [0.1, 0.15) is 0 Å². The molecule has 0 radical (unpaired) electrons. The van der Waals surface area contributed by atoms with Crippen LogP contribution in [0.2, 0.25) is 0 Å². The fraction of sp³-hybridized carbons (Fsp3) is 0.350. The molecular weight excluding hydrogens is 340 g/mol. The Morgan fingerprint density at radius 2 is 2.00 bits per heavy atom. The van der Waals surface area contributed by atoms with Crippen molar-refractivity contribution in [2.45, 2.75) is 6.10 Å². The van der Waals surface area contributed by atoms with Crippen molar-refractivity contribution in [2.24, 2.45) is 0 Å². The highest BCUT2D eigenvalue weighted by Gasteiger charge is 2.15. The SMILES string of the molecule is CN(C)c1ccc(-c2cc3nccnc3c(NC[C@H]3CNCCO3)n2)cc1. The van der Waals surface area contributed by atoms with Crippen molar-refractivity contribution in [1.82, 2.24) is 20.3 Å². The molecule has 1 fully saturated rings. The summed E-state index contributed by atoms with van der Waals surface area (Å²) >= 11 is 0. The number of rotatable bonds is 5. The summed E-state index contributed by atoms with van der Waals surface area (Å²) in [5.74, 6) is 0.737. The molecule has 1 aliphatic rings. The first-order valence-corrected chi connectivity index (χ1v) is 9.16. The van der Waals surface area contributed by atoms with Gasteiger partial charge < -0.3 is 20.3 Å². The van der Waals surface area contributed by atoms with E-state index >= 15 is 0 Å². The average molecular weight is 364 g/mol. The molecule has 0 unspecified atom stereocenters.